The van der Waals surface area contributed by atoms with Gasteiger partial charge in [0.1, 0.15) is 11.6 Å². The lowest BCUT2D eigenvalue weighted by Crippen LogP contribution is -1.96. The number of rotatable bonds is 6. The van der Waals surface area contributed by atoms with E-state index in [1.165, 1.54) is 0 Å². The Balaban J connectivity index is 0.00000256. The number of phenols is 1. The van der Waals surface area contributed by atoms with Gasteiger partial charge < -0.3 is 24.3 Å². The molecule has 0 atom stereocenters. The van der Waals surface area contributed by atoms with Crippen molar-refractivity contribution in [1.82, 2.24) is 9.97 Å². The molecular weight excluding hydrogens is 404 g/mol. The number of hydrogen-bond donors (Lipinski definition) is 2. The maximum Gasteiger partial charge on any atom is 0.203 e. The second-order valence-electron chi connectivity index (χ2n) is 6.66. The van der Waals surface area contributed by atoms with E-state index in [1.54, 1.807) is 33.5 Å². The number of imidazole rings is 1. The van der Waals surface area contributed by atoms with Crippen LogP contribution in [-0.4, -0.2) is 36.4 Å². The minimum Gasteiger partial charge on any atom is -0.508 e. The molecule has 30 heavy (non-hydrogen) atoms. The van der Waals surface area contributed by atoms with Crippen LogP contribution in [0.25, 0.3) is 22.4 Å². The zero-order valence-electron chi connectivity index (χ0n) is 16.9. The fraction of sp³-hybridized carbons (Fsp3) is 0.174. The summed E-state index contributed by atoms with van der Waals surface area (Å²) in [5, 5.41) is 10.2. The number of aromatic hydroxyl groups is 1. The first-order valence-corrected chi connectivity index (χ1v) is 9.19. The predicted octanol–water partition coefficient (Wildman–Crippen LogP) is 4.97. The van der Waals surface area contributed by atoms with Crippen molar-refractivity contribution in [3.63, 3.8) is 0 Å². The Bertz CT molecular complexity index is 1130. The van der Waals surface area contributed by atoms with Gasteiger partial charge in [-0.05, 0) is 35.7 Å². The van der Waals surface area contributed by atoms with Crippen LogP contribution in [0.5, 0.6) is 23.0 Å². The molecule has 1 aromatic heterocycles. The lowest BCUT2D eigenvalue weighted by atomic mass is 10.0. The van der Waals surface area contributed by atoms with Gasteiger partial charge in [-0.3, -0.25) is 0 Å². The van der Waals surface area contributed by atoms with Gasteiger partial charge in [0.2, 0.25) is 5.75 Å². The summed E-state index contributed by atoms with van der Waals surface area (Å²) in [6.07, 6.45) is 0.672. The minimum atomic E-state index is 0. The fourth-order valence-corrected chi connectivity index (χ4v) is 3.48. The van der Waals surface area contributed by atoms with Crippen LogP contribution in [0.3, 0.4) is 0 Å². The Hall–Kier alpha value is -3.38. The molecule has 0 unspecified atom stereocenters. The van der Waals surface area contributed by atoms with E-state index in [2.05, 4.69) is 17.1 Å². The van der Waals surface area contributed by atoms with Crippen LogP contribution < -0.4 is 14.2 Å². The number of aromatic amines is 1. The van der Waals surface area contributed by atoms with Crippen LogP contribution in [0.1, 0.15) is 11.1 Å². The summed E-state index contributed by atoms with van der Waals surface area (Å²) in [4.78, 5) is 8.10. The highest BCUT2D eigenvalue weighted by Crippen LogP contribution is 2.41. The molecule has 2 N–H and O–H groups in total. The SMILES string of the molecule is COc1cc(-c2nc3c(Cc4ccccc4)cc(O)cc3[nH]2)cc(OC)c1OC.Cl. The third kappa shape index (κ3) is 4.00. The van der Waals surface area contributed by atoms with Crippen molar-refractivity contribution in [2.45, 2.75) is 6.42 Å². The molecule has 156 valence electrons. The molecule has 4 aromatic rings. The van der Waals surface area contributed by atoms with Crippen molar-refractivity contribution in [3.05, 3.63) is 65.7 Å². The Morgan fingerprint density at radius 2 is 1.57 bits per heavy atom. The number of H-pyrrole nitrogens is 1. The van der Waals surface area contributed by atoms with E-state index in [-0.39, 0.29) is 18.2 Å². The number of methoxy groups -OCH3 is 3. The number of halogens is 1. The van der Waals surface area contributed by atoms with Gasteiger partial charge >= 0.3 is 0 Å². The van der Waals surface area contributed by atoms with Crippen molar-refractivity contribution in [1.29, 1.82) is 0 Å². The normalized spacial score (nSPS) is 10.5. The zero-order valence-corrected chi connectivity index (χ0v) is 17.7. The summed E-state index contributed by atoms with van der Waals surface area (Å²) in [7, 11) is 4.73. The molecule has 0 aliphatic rings. The molecule has 0 amide bonds. The highest BCUT2D eigenvalue weighted by Gasteiger charge is 2.17. The Morgan fingerprint density at radius 3 is 2.17 bits per heavy atom. The largest absolute Gasteiger partial charge is 0.508 e. The summed E-state index contributed by atoms with van der Waals surface area (Å²) in [6.45, 7) is 0. The van der Waals surface area contributed by atoms with Crippen LogP contribution in [0.4, 0.5) is 0 Å². The van der Waals surface area contributed by atoms with Crippen LogP contribution >= 0.6 is 12.4 Å². The van der Waals surface area contributed by atoms with E-state index in [4.69, 9.17) is 19.2 Å². The summed E-state index contributed by atoms with van der Waals surface area (Å²) in [5.74, 6) is 2.48. The van der Waals surface area contributed by atoms with Gasteiger partial charge in [-0.1, -0.05) is 30.3 Å². The Kier molecular flexibility index (Phi) is 6.37. The Labute approximate surface area is 180 Å². The lowest BCUT2D eigenvalue weighted by Gasteiger charge is -2.13. The average molecular weight is 427 g/mol. The smallest absolute Gasteiger partial charge is 0.203 e. The molecule has 1 heterocycles. The summed E-state index contributed by atoms with van der Waals surface area (Å²) >= 11 is 0. The molecule has 3 aromatic carbocycles. The van der Waals surface area contributed by atoms with Crippen molar-refractivity contribution < 1.29 is 19.3 Å². The number of ether oxygens (including phenoxy) is 3. The van der Waals surface area contributed by atoms with Gasteiger partial charge in [-0.15, -0.1) is 12.4 Å². The molecule has 6 nitrogen and oxygen atoms in total. The molecule has 0 bridgehead atoms. The number of nitrogens with one attached hydrogen (secondary N) is 1. The lowest BCUT2D eigenvalue weighted by molar-refractivity contribution is 0.324. The van der Waals surface area contributed by atoms with Gasteiger partial charge in [-0.25, -0.2) is 4.98 Å². The Morgan fingerprint density at radius 1 is 0.900 bits per heavy atom. The molecular formula is C23H23ClN2O4. The van der Waals surface area contributed by atoms with Gasteiger partial charge in [0.05, 0.1) is 32.4 Å². The third-order valence-corrected chi connectivity index (χ3v) is 4.83. The first kappa shape index (κ1) is 21.3. The first-order chi connectivity index (χ1) is 14.1. The van der Waals surface area contributed by atoms with Crippen molar-refractivity contribution in [2.24, 2.45) is 0 Å². The molecule has 0 spiro atoms. The molecule has 4 rings (SSSR count). The van der Waals surface area contributed by atoms with Gasteiger partial charge in [0.25, 0.3) is 0 Å². The monoisotopic (exact) mass is 426 g/mol. The van der Waals surface area contributed by atoms with E-state index in [9.17, 15) is 5.11 Å². The zero-order chi connectivity index (χ0) is 20.4. The standard InChI is InChI=1S/C23H22N2O4.ClH/c1-27-19-11-16(12-20(28-2)22(19)29-3)23-24-18-13-17(26)10-15(21(18)25-23)9-14-7-5-4-6-8-14;/h4-8,10-13,26H,9H2,1-3H3,(H,24,25);1H. The van der Waals surface area contributed by atoms with Gasteiger partial charge in [-0.2, -0.15) is 0 Å². The number of fused-ring (bicyclic) bond motifs is 1. The first-order valence-electron chi connectivity index (χ1n) is 9.19. The van der Waals surface area contributed by atoms with Gasteiger partial charge in [0.15, 0.2) is 11.5 Å². The molecule has 0 radical (unpaired) electrons. The van der Waals surface area contributed by atoms with Crippen molar-refractivity contribution in [2.75, 3.05) is 21.3 Å². The maximum atomic E-state index is 10.2. The topological polar surface area (TPSA) is 76.6 Å². The minimum absolute atomic E-state index is 0. The highest BCUT2D eigenvalue weighted by molar-refractivity contribution is 5.85. The number of nitrogens with zero attached hydrogens (tertiary/aromatic N) is 1. The van der Waals surface area contributed by atoms with E-state index < -0.39 is 0 Å². The predicted molar refractivity (Wildman–Crippen MR) is 119 cm³/mol. The fourth-order valence-electron chi connectivity index (χ4n) is 3.48. The summed E-state index contributed by atoms with van der Waals surface area (Å²) in [6, 6.07) is 17.2. The van der Waals surface area contributed by atoms with Crippen molar-refractivity contribution in [3.8, 4) is 34.4 Å². The maximum absolute atomic E-state index is 10.2. The highest BCUT2D eigenvalue weighted by atomic mass is 35.5. The van der Waals surface area contributed by atoms with Crippen molar-refractivity contribution >= 4 is 23.4 Å². The van der Waals surface area contributed by atoms with E-state index in [0.717, 1.165) is 27.7 Å². The summed E-state index contributed by atoms with van der Waals surface area (Å²) in [5.41, 5.74) is 4.47. The van der Waals surface area contributed by atoms with E-state index in [0.29, 0.717) is 29.5 Å². The van der Waals surface area contributed by atoms with E-state index in [1.807, 2.05) is 30.3 Å². The number of phenolic OH excluding ortho intramolecular Hbond substituents is 1. The third-order valence-electron chi connectivity index (χ3n) is 4.83. The van der Waals surface area contributed by atoms with Gasteiger partial charge in [0, 0.05) is 11.6 Å². The molecule has 0 aliphatic heterocycles. The second kappa shape index (κ2) is 8.97. The quantitative estimate of drug-likeness (QED) is 0.455. The van der Waals surface area contributed by atoms with E-state index >= 15 is 0 Å². The number of hydrogen-bond acceptors (Lipinski definition) is 5. The molecule has 0 saturated heterocycles. The summed E-state index contributed by atoms with van der Waals surface area (Å²) < 4.78 is 16.3. The molecule has 7 heteroatoms. The van der Waals surface area contributed by atoms with Crippen LogP contribution in [0, 0.1) is 0 Å². The second-order valence-corrected chi connectivity index (χ2v) is 6.66. The van der Waals surface area contributed by atoms with Crippen LogP contribution in [0.2, 0.25) is 0 Å². The molecule has 0 aliphatic carbocycles. The average Bonchev–Trinajstić information content (AvgIpc) is 3.17. The van der Waals surface area contributed by atoms with Crippen LogP contribution in [-0.2, 0) is 6.42 Å². The molecule has 0 saturated carbocycles. The number of benzene rings is 3. The number of aromatic nitrogens is 2. The van der Waals surface area contributed by atoms with Crippen LogP contribution in [0.15, 0.2) is 54.6 Å². The molecule has 0 fully saturated rings.